The molecule has 12 heteroatoms. The Morgan fingerprint density at radius 1 is 0.882 bits per heavy atom. The average molecular weight is 754 g/mol. The number of aromatic nitrogens is 1. The zero-order valence-electron chi connectivity index (χ0n) is 27.3. The highest BCUT2D eigenvalue weighted by Crippen LogP contribution is 2.33. The number of benzene rings is 4. The van der Waals surface area contributed by atoms with E-state index in [1.807, 2.05) is 42.6 Å². The van der Waals surface area contributed by atoms with Crippen LogP contribution in [0.4, 0.5) is 10.8 Å². The molecule has 0 saturated carbocycles. The molecule has 1 atom stereocenters. The van der Waals surface area contributed by atoms with E-state index in [9.17, 15) is 14.4 Å². The molecule has 0 unspecified atom stereocenters. The minimum atomic E-state index is -0.538. The number of carbonyl (C=O) groups is 3. The van der Waals surface area contributed by atoms with Gasteiger partial charge in [0.15, 0.2) is 5.13 Å². The van der Waals surface area contributed by atoms with Crippen molar-refractivity contribution in [2.75, 3.05) is 10.6 Å². The minimum absolute atomic E-state index is 0.00100. The number of hydrogen-bond acceptors (Lipinski definition) is 7. The molecule has 3 N–H and O–H groups in total. The molecule has 3 amide bonds. The number of amides is 3. The predicted molar refractivity (Wildman–Crippen MR) is 207 cm³/mol. The number of carbonyl (C=O) groups excluding carboxylic acids is 3. The molecule has 0 spiro atoms. The lowest BCUT2D eigenvalue weighted by molar-refractivity contribution is -0.115. The fourth-order valence-electron chi connectivity index (χ4n) is 4.82. The summed E-state index contributed by atoms with van der Waals surface area (Å²) in [6, 6.07) is 32.3. The summed E-state index contributed by atoms with van der Waals surface area (Å²) in [5.74, 6) is -0.170. The van der Waals surface area contributed by atoms with Gasteiger partial charge in [-0.1, -0.05) is 71.2 Å². The second-order valence-electron chi connectivity index (χ2n) is 11.3. The number of rotatable bonds is 11. The third-order valence-electron chi connectivity index (χ3n) is 7.51. The molecule has 51 heavy (non-hydrogen) atoms. The average Bonchev–Trinajstić information content (AvgIpc) is 3.79. The second kappa shape index (κ2) is 16.3. The van der Waals surface area contributed by atoms with Gasteiger partial charge in [-0.3, -0.25) is 14.4 Å². The van der Waals surface area contributed by atoms with E-state index < -0.39 is 17.1 Å². The van der Waals surface area contributed by atoms with Crippen LogP contribution in [0.15, 0.2) is 130 Å². The standard InChI is InChI=1S/C39H30Cl2N4O4S2/c1-23-8-10-25(11-9-23)35-19-15-29(49-35)21-33(43-37(47)26-6-4-3-5-7-26)38(48)42-28-13-16-30(17-14-28)51-24(2)36(46)45-39-44-34(22-50-39)31-18-12-27(40)20-32(31)41/h3-22,24H,1-2H3,(H,42,48)(H,43,47)(H,44,45,46)/b33-21-/t24-/m0/s1. The number of nitrogens with one attached hydrogen (secondary N) is 3. The molecule has 0 aliphatic carbocycles. The highest BCUT2D eigenvalue weighted by atomic mass is 35.5. The Labute approximate surface area is 312 Å². The Morgan fingerprint density at radius 3 is 2.35 bits per heavy atom. The summed E-state index contributed by atoms with van der Waals surface area (Å²) in [7, 11) is 0. The molecule has 6 aromatic rings. The van der Waals surface area contributed by atoms with Crippen molar-refractivity contribution >= 4 is 80.9 Å². The lowest BCUT2D eigenvalue weighted by Gasteiger charge is -2.13. The number of aryl methyl sites for hydroxylation is 1. The van der Waals surface area contributed by atoms with Crippen molar-refractivity contribution in [1.82, 2.24) is 10.3 Å². The van der Waals surface area contributed by atoms with Crippen molar-refractivity contribution in [2.45, 2.75) is 24.0 Å². The van der Waals surface area contributed by atoms with Gasteiger partial charge in [-0.05, 0) is 80.6 Å². The molecule has 0 aliphatic rings. The lowest BCUT2D eigenvalue weighted by atomic mass is 10.1. The molecule has 4 aromatic carbocycles. The highest BCUT2D eigenvalue weighted by Gasteiger charge is 2.19. The van der Waals surface area contributed by atoms with Gasteiger partial charge < -0.3 is 20.4 Å². The third kappa shape index (κ3) is 9.36. The van der Waals surface area contributed by atoms with Gasteiger partial charge in [0.1, 0.15) is 17.2 Å². The lowest BCUT2D eigenvalue weighted by Crippen LogP contribution is -2.30. The number of hydrogen-bond donors (Lipinski definition) is 3. The molecule has 0 radical (unpaired) electrons. The summed E-state index contributed by atoms with van der Waals surface area (Å²) >= 11 is 15.0. The van der Waals surface area contributed by atoms with Crippen LogP contribution < -0.4 is 16.0 Å². The van der Waals surface area contributed by atoms with Crippen LogP contribution in [0.5, 0.6) is 0 Å². The Morgan fingerprint density at radius 2 is 1.63 bits per heavy atom. The summed E-state index contributed by atoms with van der Waals surface area (Å²) in [5, 5.41) is 11.3. The summed E-state index contributed by atoms with van der Waals surface area (Å²) in [6.07, 6.45) is 1.49. The van der Waals surface area contributed by atoms with E-state index in [-0.39, 0.29) is 11.6 Å². The summed E-state index contributed by atoms with van der Waals surface area (Å²) in [6.45, 7) is 3.80. The van der Waals surface area contributed by atoms with E-state index in [1.54, 1.807) is 85.8 Å². The van der Waals surface area contributed by atoms with Crippen LogP contribution in [0.25, 0.3) is 28.7 Å². The van der Waals surface area contributed by atoms with E-state index in [2.05, 4.69) is 20.9 Å². The summed E-state index contributed by atoms with van der Waals surface area (Å²) in [4.78, 5) is 44.9. The molecular weight excluding hydrogens is 723 g/mol. The maximum atomic E-state index is 13.5. The van der Waals surface area contributed by atoms with Crippen LogP contribution >= 0.6 is 46.3 Å². The highest BCUT2D eigenvalue weighted by molar-refractivity contribution is 8.00. The molecule has 0 fully saturated rings. The van der Waals surface area contributed by atoms with Gasteiger partial charge >= 0.3 is 0 Å². The van der Waals surface area contributed by atoms with Crippen molar-refractivity contribution in [3.8, 4) is 22.6 Å². The molecule has 0 saturated heterocycles. The number of halogens is 2. The fourth-order valence-corrected chi connectivity index (χ4v) is 6.91. The van der Waals surface area contributed by atoms with Gasteiger partial charge in [-0.25, -0.2) is 4.98 Å². The third-order valence-corrected chi connectivity index (χ3v) is 9.93. The van der Waals surface area contributed by atoms with Gasteiger partial charge in [-0.2, -0.15) is 0 Å². The molecule has 256 valence electrons. The number of furan rings is 1. The van der Waals surface area contributed by atoms with Crippen LogP contribution in [0.3, 0.4) is 0 Å². The SMILES string of the molecule is Cc1ccc(-c2ccc(/C=C(\NC(=O)c3ccccc3)C(=O)Nc3ccc(S[C@@H](C)C(=O)Nc4nc(-c5ccc(Cl)cc5Cl)cs4)cc3)o2)cc1. The Balaban J connectivity index is 1.11. The van der Waals surface area contributed by atoms with E-state index in [0.29, 0.717) is 43.6 Å². The zero-order valence-corrected chi connectivity index (χ0v) is 30.4. The summed E-state index contributed by atoms with van der Waals surface area (Å²) < 4.78 is 6.01. The predicted octanol–water partition coefficient (Wildman–Crippen LogP) is 10.2. The quantitative estimate of drug-likeness (QED) is 0.0897. The van der Waals surface area contributed by atoms with Gasteiger partial charge in [0.05, 0.1) is 16.0 Å². The molecule has 8 nitrogen and oxygen atoms in total. The molecule has 2 heterocycles. The van der Waals surface area contributed by atoms with Crippen LogP contribution in [-0.2, 0) is 9.59 Å². The number of thiazole rings is 1. The maximum absolute atomic E-state index is 13.5. The molecule has 2 aromatic heterocycles. The van der Waals surface area contributed by atoms with Crippen molar-refractivity contribution in [3.63, 3.8) is 0 Å². The Hall–Kier alpha value is -5.13. The van der Waals surface area contributed by atoms with E-state index in [4.69, 9.17) is 27.6 Å². The van der Waals surface area contributed by atoms with Gasteiger partial charge in [0, 0.05) is 43.8 Å². The number of thioether (sulfide) groups is 1. The van der Waals surface area contributed by atoms with Gasteiger partial charge in [-0.15, -0.1) is 23.1 Å². The second-order valence-corrected chi connectivity index (χ2v) is 14.5. The van der Waals surface area contributed by atoms with E-state index in [1.165, 1.54) is 29.2 Å². The molecule has 0 aliphatic heterocycles. The van der Waals surface area contributed by atoms with Crippen molar-refractivity contribution in [2.24, 2.45) is 0 Å². The monoisotopic (exact) mass is 752 g/mol. The Kier molecular flexibility index (Phi) is 11.4. The number of nitrogens with zero attached hydrogens (tertiary/aromatic N) is 1. The molecule has 0 bridgehead atoms. The van der Waals surface area contributed by atoms with Gasteiger partial charge in [0.25, 0.3) is 11.8 Å². The van der Waals surface area contributed by atoms with E-state index >= 15 is 0 Å². The number of anilines is 2. The largest absolute Gasteiger partial charge is 0.457 e. The zero-order chi connectivity index (χ0) is 35.9. The van der Waals surface area contributed by atoms with Crippen LogP contribution in [0.1, 0.15) is 28.6 Å². The molecule has 6 rings (SSSR count). The topological polar surface area (TPSA) is 113 Å². The first-order chi connectivity index (χ1) is 24.6. The Bertz CT molecular complexity index is 2220. The first kappa shape index (κ1) is 35.7. The minimum Gasteiger partial charge on any atom is -0.457 e. The first-order valence-corrected chi connectivity index (χ1v) is 18.2. The van der Waals surface area contributed by atoms with Gasteiger partial charge in [0.2, 0.25) is 5.91 Å². The van der Waals surface area contributed by atoms with Crippen molar-refractivity contribution < 1.29 is 18.8 Å². The summed E-state index contributed by atoms with van der Waals surface area (Å²) in [5.41, 5.74) is 4.28. The van der Waals surface area contributed by atoms with Crippen LogP contribution in [-0.4, -0.2) is 28.0 Å². The maximum Gasteiger partial charge on any atom is 0.272 e. The van der Waals surface area contributed by atoms with E-state index in [0.717, 1.165) is 21.6 Å². The first-order valence-electron chi connectivity index (χ1n) is 15.7. The van der Waals surface area contributed by atoms with Crippen LogP contribution in [0.2, 0.25) is 10.0 Å². The van der Waals surface area contributed by atoms with Crippen LogP contribution in [0, 0.1) is 6.92 Å². The van der Waals surface area contributed by atoms with Crippen molar-refractivity contribution in [1.29, 1.82) is 0 Å². The smallest absolute Gasteiger partial charge is 0.272 e. The fraction of sp³-hybridized carbons (Fsp3) is 0.0769. The van der Waals surface area contributed by atoms with Crippen molar-refractivity contribution in [3.05, 3.63) is 147 Å². The normalized spacial score (nSPS) is 11.9. The molecular formula is C39H30Cl2N4O4S2.